The third-order valence-electron chi connectivity index (χ3n) is 1.43. The van der Waals surface area contributed by atoms with E-state index in [0.29, 0.717) is 12.3 Å². The summed E-state index contributed by atoms with van der Waals surface area (Å²) in [6.07, 6.45) is 5.96. The number of nitriles is 1. The standard InChI is InChI=1S/C10H14N2/c1-4-9(2)6-5-7-12-10(3)8-11/h4-6H,7H2,1-3H3/b6-5?,9-4-,12-10?. The Balaban J connectivity index is 3.87. The molecule has 0 saturated carbocycles. The van der Waals surface area contributed by atoms with Gasteiger partial charge in [-0.1, -0.05) is 23.8 Å². The number of allylic oxidation sites excluding steroid dienone is 3. The van der Waals surface area contributed by atoms with Crippen LogP contribution >= 0.6 is 0 Å². The fourth-order valence-electron chi connectivity index (χ4n) is 0.560. The molecule has 0 heterocycles. The van der Waals surface area contributed by atoms with Gasteiger partial charge < -0.3 is 0 Å². The number of hydrogen-bond donors (Lipinski definition) is 0. The van der Waals surface area contributed by atoms with Gasteiger partial charge in [0.2, 0.25) is 0 Å². The number of nitrogens with zero attached hydrogens (tertiary/aromatic N) is 2. The van der Waals surface area contributed by atoms with Crippen LogP contribution in [0.25, 0.3) is 0 Å². The summed E-state index contributed by atoms with van der Waals surface area (Å²) in [6.45, 7) is 6.31. The van der Waals surface area contributed by atoms with Crippen LogP contribution in [0.1, 0.15) is 20.8 Å². The predicted molar refractivity (Wildman–Crippen MR) is 52.2 cm³/mol. The molecule has 0 unspecified atom stereocenters. The Hall–Kier alpha value is -1.36. The van der Waals surface area contributed by atoms with E-state index in [1.807, 2.05) is 38.1 Å². The molecule has 64 valence electrons. The lowest BCUT2D eigenvalue weighted by molar-refractivity contribution is 1.23. The summed E-state index contributed by atoms with van der Waals surface area (Å²) in [4.78, 5) is 3.99. The summed E-state index contributed by atoms with van der Waals surface area (Å²) in [5, 5.41) is 8.37. The lowest BCUT2D eigenvalue weighted by Gasteiger charge is -1.87. The molecule has 0 aliphatic heterocycles. The lowest BCUT2D eigenvalue weighted by Crippen LogP contribution is -1.85. The Morgan fingerprint density at radius 3 is 2.67 bits per heavy atom. The van der Waals surface area contributed by atoms with Crippen molar-refractivity contribution < 1.29 is 0 Å². The molecule has 0 amide bonds. The third kappa shape index (κ3) is 5.43. The monoisotopic (exact) mass is 162 g/mol. The molecule has 0 atom stereocenters. The average molecular weight is 162 g/mol. The van der Waals surface area contributed by atoms with E-state index in [-0.39, 0.29) is 0 Å². The topological polar surface area (TPSA) is 36.1 Å². The van der Waals surface area contributed by atoms with Crippen molar-refractivity contribution in [2.75, 3.05) is 6.54 Å². The van der Waals surface area contributed by atoms with Crippen LogP contribution in [0.2, 0.25) is 0 Å². The molecule has 0 bridgehead atoms. The van der Waals surface area contributed by atoms with E-state index < -0.39 is 0 Å². The van der Waals surface area contributed by atoms with Crippen molar-refractivity contribution in [3.05, 3.63) is 23.8 Å². The molecule has 0 fully saturated rings. The van der Waals surface area contributed by atoms with Crippen molar-refractivity contribution in [2.24, 2.45) is 4.99 Å². The second kappa shape index (κ2) is 6.36. The van der Waals surface area contributed by atoms with Crippen LogP contribution in [0.3, 0.4) is 0 Å². The maximum atomic E-state index is 8.37. The first-order chi connectivity index (χ1) is 5.70. The maximum absolute atomic E-state index is 8.37. The minimum Gasteiger partial charge on any atom is -0.275 e. The molecule has 2 heteroatoms. The second-order valence-corrected chi connectivity index (χ2v) is 2.47. The van der Waals surface area contributed by atoms with Gasteiger partial charge in [0.15, 0.2) is 0 Å². The molecule has 12 heavy (non-hydrogen) atoms. The lowest BCUT2D eigenvalue weighted by atomic mass is 10.3. The zero-order valence-corrected chi connectivity index (χ0v) is 7.83. The van der Waals surface area contributed by atoms with E-state index in [0.717, 1.165) is 0 Å². The van der Waals surface area contributed by atoms with Gasteiger partial charge in [-0.15, -0.1) is 0 Å². The molecule has 0 aromatic rings. The Kier molecular flexibility index (Phi) is 5.64. The molecule has 0 N–H and O–H groups in total. The molecule has 0 aliphatic rings. The summed E-state index contributed by atoms with van der Waals surface area (Å²) < 4.78 is 0. The Morgan fingerprint density at radius 2 is 2.17 bits per heavy atom. The van der Waals surface area contributed by atoms with E-state index in [1.54, 1.807) is 6.92 Å². The number of rotatable bonds is 3. The fourth-order valence-corrected chi connectivity index (χ4v) is 0.560. The van der Waals surface area contributed by atoms with Crippen LogP contribution in [-0.2, 0) is 0 Å². The number of hydrogen-bond acceptors (Lipinski definition) is 2. The van der Waals surface area contributed by atoms with Crippen LogP contribution in [-0.4, -0.2) is 12.3 Å². The van der Waals surface area contributed by atoms with Crippen LogP contribution in [0.4, 0.5) is 0 Å². The normalized spacial score (nSPS) is 13.5. The van der Waals surface area contributed by atoms with Crippen molar-refractivity contribution in [3.8, 4) is 6.07 Å². The first-order valence-corrected chi connectivity index (χ1v) is 3.91. The van der Waals surface area contributed by atoms with E-state index >= 15 is 0 Å². The van der Waals surface area contributed by atoms with Crippen molar-refractivity contribution in [2.45, 2.75) is 20.8 Å². The third-order valence-corrected chi connectivity index (χ3v) is 1.43. The summed E-state index contributed by atoms with van der Waals surface area (Å²) >= 11 is 0. The van der Waals surface area contributed by atoms with Gasteiger partial charge in [-0.05, 0) is 20.8 Å². The average Bonchev–Trinajstić information content (AvgIpc) is 2.11. The van der Waals surface area contributed by atoms with Crippen LogP contribution in [0.5, 0.6) is 0 Å². The highest BCUT2D eigenvalue weighted by atomic mass is 14.7. The van der Waals surface area contributed by atoms with Crippen molar-refractivity contribution in [1.29, 1.82) is 5.26 Å². The molecular formula is C10H14N2. The molecule has 0 aromatic heterocycles. The molecule has 0 rings (SSSR count). The second-order valence-electron chi connectivity index (χ2n) is 2.47. The molecule has 0 aliphatic carbocycles. The van der Waals surface area contributed by atoms with Crippen molar-refractivity contribution >= 4 is 5.71 Å². The van der Waals surface area contributed by atoms with E-state index in [4.69, 9.17) is 5.26 Å². The largest absolute Gasteiger partial charge is 0.275 e. The van der Waals surface area contributed by atoms with Crippen molar-refractivity contribution in [3.63, 3.8) is 0 Å². The quantitative estimate of drug-likeness (QED) is 0.464. The van der Waals surface area contributed by atoms with Gasteiger partial charge in [0.25, 0.3) is 0 Å². The van der Waals surface area contributed by atoms with E-state index in [1.165, 1.54) is 5.57 Å². The molecule has 2 nitrogen and oxygen atoms in total. The Labute approximate surface area is 73.9 Å². The zero-order chi connectivity index (χ0) is 9.40. The Bertz CT molecular complexity index is 252. The minimum absolute atomic E-state index is 0.526. The van der Waals surface area contributed by atoms with E-state index in [2.05, 4.69) is 4.99 Å². The summed E-state index contributed by atoms with van der Waals surface area (Å²) in [5.41, 5.74) is 1.73. The van der Waals surface area contributed by atoms with Crippen molar-refractivity contribution in [1.82, 2.24) is 0 Å². The van der Waals surface area contributed by atoms with Gasteiger partial charge in [-0.25, -0.2) is 0 Å². The SMILES string of the molecule is C/C=C(/C)C=CCN=C(C)C#N. The molecular weight excluding hydrogens is 148 g/mol. The van der Waals surface area contributed by atoms with Gasteiger partial charge in [0, 0.05) is 0 Å². The smallest absolute Gasteiger partial charge is 0.114 e. The maximum Gasteiger partial charge on any atom is 0.114 e. The fraction of sp³-hybridized carbons (Fsp3) is 0.400. The minimum atomic E-state index is 0.526. The van der Waals surface area contributed by atoms with Gasteiger partial charge in [0.1, 0.15) is 11.8 Å². The van der Waals surface area contributed by atoms with Gasteiger partial charge in [-0.2, -0.15) is 5.26 Å². The van der Waals surface area contributed by atoms with Crippen LogP contribution in [0.15, 0.2) is 28.8 Å². The zero-order valence-electron chi connectivity index (χ0n) is 7.83. The summed E-state index contributed by atoms with van der Waals surface area (Å²) in [7, 11) is 0. The van der Waals surface area contributed by atoms with Crippen LogP contribution in [0, 0.1) is 11.3 Å². The van der Waals surface area contributed by atoms with Crippen LogP contribution < -0.4 is 0 Å². The molecule has 0 radical (unpaired) electrons. The first kappa shape index (κ1) is 10.6. The first-order valence-electron chi connectivity index (χ1n) is 3.91. The highest BCUT2D eigenvalue weighted by Crippen LogP contribution is 1.93. The number of aliphatic imine (C=N–C) groups is 1. The van der Waals surface area contributed by atoms with Gasteiger partial charge in [0.05, 0.1) is 6.54 Å². The molecule has 0 spiro atoms. The van der Waals surface area contributed by atoms with E-state index in [9.17, 15) is 0 Å². The predicted octanol–water partition coefficient (Wildman–Crippen LogP) is 2.49. The van der Waals surface area contributed by atoms with Gasteiger partial charge >= 0.3 is 0 Å². The highest BCUT2D eigenvalue weighted by Gasteiger charge is 1.81. The van der Waals surface area contributed by atoms with Gasteiger partial charge in [-0.3, -0.25) is 4.99 Å². The summed E-state index contributed by atoms with van der Waals surface area (Å²) in [6, 6.07) is 1.97. The highest BCUT2D eigenvalue weighted by molar-refractivity contribution is 5.96. The molecule has 0 aromatic carbocycles. The molecule has 0 saturated heterocycles. The Morgan fingerprint density at radius 1 is 1.50 bits per heavy atom. The summed E-state index contributed by atoms with van der Waals surface area (Å²) in [5.74, 6) is 0.